The molecule has 3 aromatic rings. The van der Waals surface area contributed by atoms with E-state index in [1.165, 1.54) is 40.7 Å². The first-order valence-corrected chi connectivity index (χ1v) is 12.2. The third-order valence-electron chi connectivity index (χ3n) is 5.07. The molecule has 0 radical (unpaired) electrons. The highest BCUT2D eigenvalue weighted by atomic mass is 32.2. The van der Waals surface area contributed by atoms with Crippen LogP contribution in [0.15, 0.2) is 58.8 Å². The number of sulfonamides is 1. The highest BCUT2D eigenvalue weighted by Gasteiger charge is 2.39. The molecule has 1 aliphatic carbocycles. The van der Waals surface area contributed by atoms with Gasteiger partial charge in [-0.2, -0.15) is 4.31 Å². The molecule has 1 fully saturated rings. The first-order chi connectivity index (χ1) is 15.7. The van der Waals surface area contributed by atoms with E-state index in [-0.39, 0.29) is 32.9 Å². The number of carbonyl (C=O) groups is 2. The van der Waals surface area contributed by atoms with Crippen LogP contribution in [0.2, 0.25) is 0 Å². The summed E-state index contributed by atoms with van der Waals surface area (Å²) in [5.41, 5.74) is 5.40. The van der Waals surface area contributed by atoms with Crippen LogP contribution in [0.3, 0.4) is 0 Å². The van der Waals surface area contributed by atoms with Crippen molar-refractivity contribution in [3.05, 3.63) is 82.9 Å². The van der Waals surface area contributed by atoms with Crippen molar-refractivity contribution >= 4 is 38.2 Å². The Morgan fingerprint density at radius 1 is 1.06 bits per heavy atom. The first-order valence-electron chi connectivity index (χ1n) is 9.92. The van der Waals surface area contributed by atoms with E-state index in [1.54, 1.807) is 6.07 Å². The number of nitrogens with one attached hydrogen (secondary N) is 1. The maximum absolute atomic E-state index is 14.0. The van der Waals surface area contributed by atoms with E-state index in [0.29, 0.717) is 29.7 Å². The Balaban J connectivity index is 1.67. The zero-order valence-corrected chi connectivity index (χ0v) is 18.8. The van der Waals surface area contributed by atoms with E-state index in [9.17, 15) is 26.8 Å². The van der Waals surface area contributed by atoms with Gasteiger partial charge in [-0.3, -0.25) is 9.59 Å². The number of hydrogen-bond acceptors (Lipinski definition) is 5. The molecule has 11 heteroatoms. The zero-order chi connectivity index (χ0) is 23.8. The van der Waals surface area contributed by atoms with Gasteiger partial charge in [-0.15, -0.1) is 11.3 Å². The van der Waals surface area contributed by atoms with Crippen LogP contribution in [0.1, 0.15) is 39.1 Å². The molecular formula is C22H19F2N3O4S2. The number of anilines is 1. The smallest absolute Gasteiger partial charge is 0.259 e. The van der Waals surface area contributed by atoms with Crippen molar-refractivity contribution in [2.45, 2.75) is 29.6 Å². The lowest BCUT2D eigenvalue weighted by molar-refractivity contribution is 0.100. The Kier molecular flexibility index (Phi) is 6.28. The lowest BCUT2D eigenvalue weighted by atomic mass is 10.2. The molecule has 3 N–H and O–H groups in total. The average molecular weight is 492 g/mol. The van der Waals surface area contributed by atoms with Crippen molar-refractivity contribution in [1.29, 1.82) is 0 Å². The maximum atomic E-state index is 14.0. The fraction of sp³-hybridized carbons (Fsp3) is 0.182. The van der Waals surface area contributed by atoms with Crippen LogP contribution in [0.25, 0.3) is 0 Å². The summed E-state index contributed by atoms with van der Waals surface area (Å²) in [6, 6.07) is 11.7. The van der Waals surface area contributed by atoms with Crippen molar-refractivity contribution in [3.63, 3.8) is 0 Å². The monoisotopic (exact) mass is 491 g/mol. The number of rotatable bonds is 8. The van der Waals surface area contributed by atoms with Gasteiger partial charge in [-0.05, 0) is 48.7 Å². The number of carbonyl (C=O) groups excluding carboxylic acids is 2. The average Bonchev–Trinajstić information content (AvgIpc) is 3.50. The van der Waals surface area contributed by atoms with Gasteiger partial charge in [0.25, 0.3) is 21.8 Å². The standard InChI is InChI=1S/C22H19F2N3O4S2/c23-14-5-3-4-13(10-14)12-27(15-8-9-15)33(30,31)19-11-17(20(25)28)22(32-19)26-21(29)16-6-1-2-7-18(16)24/h1-7,10-11,15H,8-9,12H2,(H2,25,28)(H,26,29). The number of amides is 2. The van der Waals surface area contributed by atoms with E-state index in [0.717, 1.165) is 12.1 Å². The van der Waals surface area contributed by atoms with Crippen LogP contribution in [0, 0.1) is 11.6 Å². The molecule has 0 saturated heterocycles. The highest BCUT2D eigenvalue weighted by molar-refractivity contribution is 7.91. The second-order valence-electron chi connectivity index (χ2n) is 7.52. The molecule has 1 aliphatic rings. The van der Waals surface area contributed by atoms with E-state index < -0.39 is 33.5 Å². The lowest BCUT2D eigenvalue weighted by Gasteiger charge is -2.21. The molecule has 172 valence electrons. The van der Waals surface area contributed by atoms with Gasteiger partial charge in [0.15, 0.2) is 0 Å². The van der Waals surface area contributed by atoms with Crippen molar-refractivity contribution < 1.29 is 26.8 Å². The second kappa shape index (κ2) is 9.00. The summed E-state index contributed by atoms with van der Waals surface area (Å²) in [6.07, 6.45) is 1.30. The summed E-state index contributed by atoms with van der Waals surface area (Å²) in [4.78, 5) is 24.4. The second-order valence-corrected chi connectivity index (χ2v) is 10.7. The lowest BCUT2D eigenvalue weighted by Crippen LogP contribution is -2.32. The molecule has 1 aromatic heterocycles. The van der Waals surface area contributed by atoms with Gasteiger partial charge in [0.05, 0.1) is 11.1 Å². The SMILES string of the molecule is NC(=O)c1cc(S(=O)(=O)N(Cc2cccc(F)c2)C2CC2)sc1NC(=O)c1ccccc1F. The first kappa shape index (κ1) is 23.0. The van der Waals surface area contributed by atoms with Gasteiger partial charge < -0.3 is 11.1 Å². The molecule has 0 atom stereocenters. The number of halogens is 2. The minimum absolute atomic E-state index is 0.0501. The van der Waals surface area contributed by atoms with E-state index in [2.05, 4.69) is 5.32 Å². The third kappa shape index (κ3) is 4.95. The number of hydrogen-bond donors (Lipinski definition) is 2. The molecule has 0 aliphatic heterocycles. The summed E-state index contributed by atoms with van der Waals surface area (Å²) in [5, 5.41) is 2.29. The summed E-state index contributed by atoms with van der Waals surface area (Å²) in [7, 11) is -4.10. The number of nitrogens with zero attached hydrogens (tertiary/aromatic N) is 1. The zero-order valence-electron chi connectivity index (χ0n) is 17.1. The van der Waals surface area contributed by atoms with Gasteiger partial charge in [-0.25, -0.2) is 17.2 Å². The van der Waals surface area contributed by atoms with Crippen molar-refractivity contribution in [2.75, 3.05) is 5.32 Å². The predicted octanol–water partition coefficient (Wildman–Crippen LogP) is 3.73. The number of thiophene rings is 1. The van der Waals surface area contributed by atoms with Gasteiger partial charge in [0.1, 0.15) is 20.8 Å². The molecule has 33 heavy (non-hydrogen) atoms. The Morgan fingerprint density at radius 3 is 2.42 bits per heavy atom. The van der Waals surface area contributed by atoms with Gasteiger partial charge in [-0.1, -0.05) is 24.3 Å². The van der Waals surface area contributed by atoms with Crippen LogP contribution in [-0.2, 0) is 16.6 Å². The fourth-order valence-corrected chi connectivity index (χ4v) is 6.46. The Labute approximate surface area is 192 Å². The molecule has 7 nitrogen and oxygen atoms in total. The van der Waals surface area contributed by atoms with E-state index in [1.807, 2.05) is 0 Å². The van der Waals surface area contributed by atoms with E-state index >= 15 is 0 Å². The topological polar surface area (TPSA) is 110 Å². The Hall–Kier alpha value is -3.15. The summed E-state index contributed by atoms with van der Waals surface area (Å²) in [6.45, 7) is -0.0501. The molecule has 1 heterocycles. The van der Waals surface area contributed by atoms with Gasteiger partial charge in [0.2, 0.25) is 0 Å². The quantitative estimate of drug-likeness (QED) is 0.500. The normalized spacial score (nSPS) is 13.8. The molecule has 1 saturated carbocycles. The van der Waals surface area contributed by atoms with Crippen molar-refractivity contribution in [1.82, 2.24) is 4.31 Å². The number of benzene rings is 2. The fourth-order valence-electron chi connectivity index (χ4n) is 3.29. The Bertz CT molecular complexity index is 1340. The molecule has 0 bridgehead atoms. The van der Waals surface area contributed by atoms with Crippen LogP contribution >= 0.6 is 11.3 Å². The Morgan fingerprint density at radius 2 is 1.79 bits per heavy atom. The molecule has 2 aromatic carbocycles. The third-order valence-corrected chi connectivity index (χ3v) is 8.46. The van der Waals surface area contributed by atoms with Crippen LogP contribution in [0.4, 0.5) is 13.8 Å². The van der Waals surface area contributed by atoms with Crippen LogP contribution in [0.5, 0.6) is 0 Å². The minimum Gasteiger partial charge on any atom is -0.366 e. The molecule has 4 rings (SSSR count). The molecule has 0 spiro atoms. The van der Waals surface area contributed by atoms with Gasteiger partial charge in [0, 0.05) is 12.6 Å². The summed E-state index contributed by atoms with van der Waals surface area (Å²) in [5.74, 6) is -3.04. The van der Waals surface area contributed by atoms with E-state index in [4.69, 9.17) is 5.73 Å². The summed E-state index contributed by atoms with van der Waals surface area (Å²) < 4.78 is 55.4. The van der Waals surface area contributed by atoms with Crippen LogP contribution in [-0.4, -0.2) is 30.6 Å². The highest BCUT2D eigenvalue weighted by Crippen LogP contribution is 2.38. The molecular weight excluding hydrogens is 472 g/mol. The van der Waals surface area contributed by atoms with Crippen molar-refractivity contribution in [2.24, 2.45) is 5.73 Å². The maximum Gasteiger partial charge on any atom is 0.259 e. The largest absolute Gasteiger partial charge is 0.366 e. The number of nitrogens with two attached hydrogens (primary N) is 1. The van der Waals surface area contributed by atoms with Crippen LogP contribution < -0.4 is 11.1 Å². The minimum atomic E-state index is -4.10. The number of primary amides is 1. The predicted molar refractivity (Wildman–Crippen MR) is 119 cm³/mol. The molecule has 2 amide bonds. The van der Waals surface area contributed by atoms with Crippen molar-refractivity contribution in [3.8, 4) is 0 Å². The summed E-state index contributed by atoms with van der Waals surface area (Å²) >= 11 is 0.652. The molecule has 0 unspecified atom stereocenters. The van der Waals surface area contributed by atoms with Gasteiger partial charge >= 0.3 is 0 Å².